The fourth-order valence-electron chi connectivity index (χ4n) is 2.61. The molecular weight excluding hydrogens is 448 g/mol. The molecule has 1 amide bonds. The first-order valence-electron chi connectivity index (χ1n) is 9.72. The van der Waals surface area contributed by atoms with Crippen molar-refractivity contribution in [3.63, 3.8) is 0 Å². The number of alkyl carbamates (subject to hydrolysis) is 1. The van der Waals surface area contributed by atoms with Crippen LogP contribution >= 0.6 is 23.4 Å². The molecule has 3 rings (SSSR count). The van der Waals surface area contributed by atoms with Crippen LogP contribution in [0.5, 0.6) is 0 Å². The maximum atomic E-state index is 11.7. The summed E-state index contributed by atoms with van der Waals surface area (Å²) in [5, 5.41) is 19.9. The molecule has 0 aliphatic rings. The number of hydrogen-bond donors (Lipinski definition) is 1. The van der Waals surface area contributed by atoms with E-state index in [0.717, 1.165) is 20.9 Å². The number of nitrogens with zero attached hydrogens (tertiary/aromatic N) is 5. The van der Waals surface area contributed by atoms with E-state index < -0.39 is 11.7 Å². The Morgan fingerprint density at radius 2 is 1.97 bits per heavy atom. The zero-order valence-corrected chi connectivity index (χ0v) is 19.4. The van der Waals surface area contributed by atoms with Crippen LogP contribution in [0.15, 0.2) is 52.6 Å². The van der Waals surface area contributed by atoms with Gasteiger partial charge in [0.1, 0.15) is 5.60 Å². The highest BCUT2D eigenvalue weighted by Crippen LogP contribution is 2.35. The molecule has 164 valence electrons. The van der Waals surface area contributed by atoms with Gasteiger partial charge in [-0.25, -0.2) is 14.8 Å². The van der Waals surface area contributed by atoms with Crippen molar-refractivity contribution in [1.29, 1.82) is 5.26 Å². The molecule has 1 N–H and O–H groups in total. The first-order valence-corrected chi connectivity index (χ1v) is 10.9. The minimum absolute atomic E-state index is 0.286. The molecular formula is C22H21ClN6O2S. The lowest BCUT2D eigenvalue weighted by Gasteiger charge is -2.19. The highest BCUT2D eigenvalue weighted by atomic mass is 35.5. The number of carbonyl (C=O) groups is 1. The molecule has 2 aromatic heterocycles. The quantitative estimate of drug-likeness (QED) is 0.554. The Labute approximate surface area is 195 Å². The zero-order valence-electron chi connectivity index (χ0n) is 17.8. The maximum absolute atomic E-state index is 11.7. The highest BCUT2D eigenvalue weighted by molar-refractivity contribution is 7.99. The molecule has 1 aromatic carbocycles. The number of carbonyl (C=O) groups excluding carboxylic acids is 1. The SMILES string of the molecule is CC(C)(C)OC(=O)NCCc1cnc(-c2ccc(C#N)cc2Sc2cnnc(Cl)c2)nc1. The van der Waals surface area contributed by atoms with E-state index in [4.69, 9.17) is 16.3 Å². The molecule has 10 heteroatoms. The zero-order chi connectivity index (χ0) is 23.1. The molecule has 8 nitrogen and oxygen atoms in total. The number of aromatic nitrogens is 4. The van der Waals surface area contributed by atoms with Crippen LogP contribution in [-0.4, -0.2) is 38.4 Å². The van der Waals surface area contributed by atoms with Crippen LogP contribution in [0.1, 0.15) is 31.9 Å². The summed E-state index contributed by atoms with van der Waals surface area (Å²) in [7, 11) is 0. The number of nitrogens with one attached hydrogen (secondary N) is 1. The molecule has 0 fully saturated rings. The number of halogens is 1. The van der Waals surface area contributed by atoms with Crippen molar-refractivity contribution in [2.45, 2.75) is 42.6 Å². The summed E-state index contributed by atoms with van der Waals surface area (Å²) in [6, 6.07) is 9.16. The van der Waals surface area contributed by atoms with Crippen LogP contribution in [0.4, 0.5) is 4.79 Å². The minimum atomic E-state index is -0.538. The Kier molecular flexibility index (Phi) is 7.62. The summed E-state index contributed by atoms with van der Waals surface area (Å²) >= 11 is 7.34. The van der Waals surface area contributed by atoms with E-state index in [2.05, 4.69) is 31.6 Å². The summed E-state index contributed by atoms with van der Waals surface area (Å²) in [6.07, 6.45) is 5.14. The van der Waals surface area contributed by atoms with E-state index in [0.29, 0.717) is 24.4 Å². The number of amides is 1. The standard InChI is InChI=1S/C22H21ClN6O2S/c1-22(2,3)31-21(30)25-7-6-15-11-26-20(27-12-15)17-5-4-14(10-24)8-18(17)32-16-9-19(23)29-28-13-16/h4-5,8-9,11-13H,6-7H2,1-3H3,(H,25,30). The van der Waals surface area contributed by atoms with Crippen molar-refractivity contribution in [2.24, 2.45) is 0 Å². The first-order chi connectivity index (χ1) is 15.2. The molecule has 0 aliphatic carbocycles. The molecule has 0 atom stereocenters. The Balaban J connectivity index is 1.72. The number of hydrogen-bond acceptors (Lipinski definition) is 8. The van der Waals surface area contributed by atoms with Crippen LogP contribution in [0, 0.1) is 11.3 Å². The van der Waals surface area contributed by atoms with Gasteiger partial charge in [-0.2, -0.15) is 10.4 Å². The average Bonchev–Trinajstić information content (AvgIpc) is 2.73. The van der Waals surface area contributed by atoms with Crippen molar-refractivity contribution in [2.75, 3.05) is 6.54 Å². The number of rotatable bonds is 6. The molecule has 2 heterocycles. The van der Waals surface area contributed by atoms with Gasteiger partial charge in [0.2, 0.25) is 0 Å². The Morgan fingerprint density at radius 3 is 2.62 bits per heavy atom. The van der Waals surface area contributed by atoms with Crippen molar-refractivity contribution in [3.05, 3.63) is 59.1 Å². The second kappa shape index (κ2) is 10.4. The van der Waals surface area contributed by atoms with Crippen molar-refractivity contribution < 1.29 is 9.53 Å². The normalized spacial score (nSPS) is 11.0. The summed E-state index contributed by atoms with van der Waals surface area (Å²) in [5.41, 5.74) is 1.64. The minimum Gasteiger partial charge on any atom is -0.444 e. The second-order valence-corrected chi connectivity index (χ2v) is 9.23. The van der Waals surface area contributed by atoms with E-state index in [9.17, 15) is 10.1 Å². The van der Waals surface area contributed by atoms with Crippen LogP contribution in [0.25, 0.3) is 11.4 Å². The van der Waals surface area contributed by atoms with Gasteiger partial charge >= 0.3 is 6.09 Å². The van der Waals surface area contributed by atoms with Crippen LogP contribution in [0.2, 0.25) is 5.15 Å². The fourth-order valence-corrected chi connectivity index (χ4v) is 3.82. The van der Waals surface area contributed by atoms with Crippen LogP contribution in [-0.2, 0) is 11.2 Å². The largest absolute Gasteiger partial charge is 0.444 e. The third kappa shape index (κ3) is 6.90. The topological polar surface area (TPSA) is 114 Å². The Hall–Kier alpha value is -3.22. The molecule has 0 aliphatic heterocycles. The van der Waals surface area contributed by atoms with Crippen LogP contribution < -0.4 is 5.32 Å². The number of nitriles is 1. The molecule has 32 heavy (non-hydrogen) atoms. The van der Waals surface area contributed by atoms with E-state index >= 15 is 0 Å². The molecule has 0 saturated carbocycles. The fraction of sp³-hybridized carbons (Fsp3) is 0.273. The van der Waals surface area contributed by atoms with Gasteiger partial charge in [-0.1, -0.05) is 23.4 Å². The van der Waals surface area contributed by atoms with E-state index in [-0.39, 0.29) is 5.15 Å². The number of ether oxygens (including phenoxy) is 1. The Bertz CT molecular complexity index is 1140. The predicted octanol–water partition coefficient (Wildman–Crippen LogP) is 4.68. The van der Waals surface area contributed by atoms with Gasteiger partial charge in [-0.15, -0.1) is 5.10 Å². The Morgan fingerprint density at radius 1 is 1.22 bits per heavy atom. The lowest BCUT2D eigenvalue weighted by atomic mass is 10.1. The summed E-state index contributed by atoms with van der Waals surface area (Å²) in [4.78, 5) is 22.3. The van der Waals surface area contributed by atoms with E-state index in [1.807, 2.05) is 26.8 Å². The van der Waals surface area contributed by atoms with Gasteiger partial charge in [0.25, 0.3) is 0 Å². The van der Waals surface area contributed by atoms with Gasteiger partial charge in [0, 0.05) is 34.3 Å². The molecule has 3 aromatic rings. The molecule has 0 spiro atoms. The van der Waals surface area contributed by atoms with Gasteiger partial charge in [-0.05, 0) is 57.0 Å². The summed E-state index contributed by atoms with van der Waals surface area (Å²) < 4.78 is 5.22. The summed E-state index contributed by atoms with van der Waals surface area (Å²) in [6.45, 7) is 5.85. The van der Waals surface area contributed by atoms with Crippen molar-refractivity contribution in [1.82, 2.24) is 25.5 Å². The van der Waals surface area contributed by atoms with Gasteiger partial charge in [0.05, 0.1) is 17.8 Å². The molecule has 0 unspecified atom stereocenters. The second-order valence-electron chi connectivity index (χ2n) is 7.73. The third-order valence-electron chi connectivity index (χ3n) is 3.97. The monoisotopic (exact) mass is 468 g/mol. The third-order valence-corrected chi connectivity index (χ3v) is 5.17. The lowest BCUT2D eigenvalue weighted by molar-refractivity contribution is 0.0528. The lowest BCUT2D eigenvalue weighted by Crippen LogP contribution is -2.33. The van der Waals surface area contributed by atoms with Gasteiger partial charge < -0.3 is 10.1 Å². The van der Waals surface area contributed by atoms with Crippen molar-refractivity contribution >= 4 is 29.5 Å². The maximum Gasteiger partial charge on any atom is 0.407 e. The number of benzene rings is 1. The summed E-state index contributed by atoms with van der Waals surface area (Å²) in [5.74, 6) is 0.522. The first kappa shape index (κ1) is 23.4. The van der Waals surface area contributed by atoms with Gasteiger partial charge in [-0.3, -0.25) is 0 Å². The van der Waals surface area contributed by atoms with Crippen molar-refractivity contribution in [3.8, 4) is 17.5 Å². The molecule has 0 saturated heterocycles. The average molecular weight is 469 g/mol. The van der Waals surface area contributed by atoms with Gasteiger partial charge in [0.15, 0.2) is 11.0 Å². The molecule has 0 bridgehead atoms. The van der Waals surface area contributed by atoms with Crippen LogP contribution in [0.3, 0.4) is 0 Å². The smallest absolute Gasteiger partial charge is 0.407 e. The van der Waals surface area contributed by atoms with E-state index in [1.54, 1.807) is 36.8 Å². The van der Waals surface area contributed by atoms with E-state index in [1.165, 1.54) is 11.8 Å². The molecule has 0 radical (unpaired) electrons. The highest BCUT2D eigenvalue weighted by Gasteiger charge is 2.16. The predicted molar refractivity (Wildman–Crippen MR) is 121 cm³/mol.